The average Bonchev–Trinajstić information content (AvgIpc) is 3.00. The zero-order valence-electron chi connectivity index (χ0n) is 19.2. The molecule has 1 unspecified atom stereocenters. The van der Waals surface area contributed by atoms with Gasteiger partial charge < -0.3 is 30.4 Å². The molecule has 1 amide bonds. The zero-order valence-corrected chi connectivity index (χ0v) is 19.2. The van der Waals surface area contributed by atoms with Crippen LogP contribution < -0.4 is 20.7 Å². The van der Waals surface area contributed by atoms with E-state index in [0.29, 0.717) is 34.7 Å². The Balaban J connectivity index is 1.91. The second-order valence-electron chi connectivity index (χ2n) is 10.0. The number of aromatic nitrogens is 2. The van der Waals surface area contributed by atoms with Gasteiger partial charge in [-0.2, -0.15) is 0 Å². The van der Waals surface area contributed by atoms with Gasteiger partial charge in [-0.3, -0.25) is 4.79 Å². The molecule has 2 aromatic heterocycles. The van der Waals surface area contributed by atoms with Crippen LogP contribution in [0.25, 0.3) is 11.0 Å². The van der Waals surface area contributed by atoms with Gasteiger partial charge >= 0.3 is 12.1 Å². The van der Waals surface area contributed by atoms with Gasteiger partial charge in [-0.1, -0.05) is 0 Å². The van der Waals surface area contributed by atoms with Crippen molar-refractivity contribution in [1.82, 2.24) is 15.3 Å². The van der Waals surface area contributed by atoms with E-state index in [4.69, 9.17) is 15.2 Å². The van der Waals surface area contributed by atoms with Crippen molar-refractivity contribution in [3.63, 3.8) is 0 Å². The summed E-state index contributed by atoms with van der Waals surface area (Å²) in [5, 5.41) is 3.66. The molecule has 1 saturated heterocycles. The molecule has 9 nitrogen and oxygen atoms in total. The molecule has 2 aromatic rings. The third-order valence-corrected chi connectivity index (χ3v) is 4.94. The van der Waals surface area contributed by atoms with Gasteiger partial charge in [-0.05, 0) is 54.4 Å². The average molecular weight is 432 g/mol. The Morgan fingerprint density at radius 1 is 1.26 bits per heavy atom. The molecule has 9 heteroatoms. The maximum atomic E-state index is 12.6. The lowest BCUT2D eigenvalue weighted by Gasteiger charge is -2.36. The van der Waals surface area contributed by atoms with Gasteiger partial charge in [0.15, 0.2) is 5.75 Å². The minimum Gasteiger partial charge on any atom is -0.444 e. The van der Waals surface area contributed by atoms with Crippen molar-refractivity contribution in [2.75, 3.05) is 23.7 Å². The zero-order chi connectivity index (χ0) is 23.0. The summed E-state index contributed by atoms with van der Waals surface area (Å²) in [6.45, 7) is 12.2. The minimum atomic E-state index is -0.668. The van der Waals surface area contributed by atoms with E-state index in [-0.39, 0.29) is 12.0 Å². The van der Waals surface area contributed by atoms with E-state index in [2.05, 4.69) is 20.2 Å². The number of ether oxygens (including phenoxy) is 2. The van der Waals surface area contributed by atoms with Gasteiger partial charge in [0, 0.05) is 25.3 Å². The quantitative estimate of drug-likeness (QED) is 0.635. The van der Waals surface area contributed by atoms with Crippen molar-refractivity contribution >= 4 is 34.5 Å². The monoisotopic (exact) mass is 431 g/mol. The molecule has 0 bridgehead atoms. The maximum absolute atomic E-state index is 12.6. The second kappa shape index (κ2) is 8.28. The number of fused-ring (bicyclic) bond motifs is 1. The molecule has 1 aliphatic heterocycles. The van der Waals surface area contributed by atoms with Crippen molar-refractivity contribution < 1.29 is 19.1 Å². The summed E-state index contributed by atoms with van der Waals surface area (Å²) in [5.41, 5.74) is 6.84. The smallest absolute Gasteiger partial charge is 0.407 e. The molecule has 4 N–H and O–H groups in total. The van der Waals surface area contributed by atoms with Crippen LogP contribution in [0.1, 0.15) is 54.4 Å². The van der Waals surface area contributed by atoms with Gasteiger partial charge in [0.2, 0.25) is 0 Å². The van der Waals surface area contributed by atoms with Crippen LogP contribution >= 0.6 is 0 Å². The van der Waals surface area contributed by atoms with Gasteiger partial charge in [-0.15, -0.1) is 0 Å². The van der Waals surface area contributed by atoms with E-state index in [1.807, 2.05) is 20.8 Å². The number of carbonyl (C=O) groups is 2. The van der Waals surface area contributed by atoms with Crippen LogP contribution in [-0.4, -0.2) is 46.8 Å². The first kappa shape index (κ1) is 22.7. The van der Waals surface area contributed by atoms with E-state index in [1.54, 1.807) is 33.2 Å². The van der Waals surface area contributed by atoms with E-state index in [0.717, 1.165) is 19.4 Å². The van der Waals surface area contributed by atoms with Crippen LogP contribution in [0.3, 0.4) is 0 Å². The van der Waals surface area contributed by atoms with Crippen LogP contribution in [0.5, 0.6) is 5.75 Å². The largest absolute Gasteiger partial charge is 0.444 e. The molecular weight excluding hydrogens is 398 g/mol. The first-order valence-corrected chi connectivity index (χ1v) is 10.6. The van der Waals surface area contributed by atoms with E-state index >= 15 is 0 Å². The van der Waals surface area contributed by atoms with E-state index in [1.165, 1.54) is 0 Å². The van der Waals surface area contributed by atoms with Crippen LogP contribution in [0.4, 0.5) is 16.2 Å². The van der Waals surface area contributed by atoms with E-state index < -0.39 is 17.1 Å². The number of piperidine rings is 1. The number of H-pyrrole nitrogens is 1. The number of carbonyl (C=O) groups excluding carboxylic acids is 2. The van der Waals surface area contributed by atoms with Crippen LogP contribution in [0, 0.1) is 5.41 Å². The molecule has 31 heavy (non-hydrogen) atoms. The molecule has 0 aromatic carbocycles. The van der Waals surface area contributed by atoms with Gasteiger partial charge in [-0.25, -0.2) is 9.78 Å². The Bertz CT molecular complexity index is 971. The molecule has 1 atom stereocenters. The summed E-state index contributed by atoms with van der Waals surface area (Å²) in [7, 11) is 0. The first-order valence-electron chi connectivity index (χ1n) is 10.6. The highest BCUT2D eigenvalue weighted by molar-refractivity contribution is 6.02. The minimum absolute atomic E-state index is 0.113. The normalized spacial score (nSPS) is 17.5. The highest BCUT2D eigenvalue weighted by atomic mass is 16.6. The summed E-state index contributed by atoms with van der Waals surface area (Å²) in [5.74, 6) is 0.00101. The molecule has 0 radical (unpaired) electrons. The second-order valence-corrected chi connectivity index (χ2v) is 10.0. The Labute approximate surface area is 182 Å². The van der Waals surface area contributed by atoms with Gasteiger partial charge in [0.25, 0.3) is 0 Å². The topological polar surface area (TPSA) is 123 Å². The Kier molecular flexibility index (Phi) is 6.07. The Morgan fingerprint density at radius 3 is 2.61 bits per heavy atom. The van der Waals surface area contributed by atoms with Gasteiger partial charge in [0.1, 0.15) is 11.2 Å². The summed E-state index contributed by atoms with van der Waals surface area (Å²) in [4.78, 5) is 34.4. The number of rotatable bonds is 3. The van der Waals surface area contributed by atoms with Crippen molar-refractivity contribution in [3.05, 3.63) is 12.4 Å². The predicted molar refractivity (Wildman–Crippen MR) is 120 cm³/mol. The molecule has 0 saturated carbocycles. The number of alkyl carbamates (subject to hydrolysis) is 1. The molecule has 170 valence electrons. The highest BCUT2D eigenvalue weighted by Crippen LogP contribution is 2.40. The molecule has 1 aliphatic rings. The Hall–Kier alpha value is -2.97. The number of hydrogen-bond donors (Lipinski definition) is 3. The lowest BCUT2D eigenvalue weighted by molar-refractivity contribution is -0.142. The van der Waals surface area contributed by atoms with Crippen molar-refractivity contribution in [3.8, 4) is 5.75 Å². The molecule has 0 aliphatic carbocycles. The fourth-order valence-corrected chi connectivity index (χ4v) is 3.50. The Morgan fingerprint density at radius 2 is 1.97 bits per heavy atom. The van der Waals surface area contributed by atoms with Crippen LogP contribution in [-0.2, 0) is 9.53 Å². The number of esters is 1. The number of anilines is 2. The number of nitrogen functional groups attached to an aromatic ring is 1. The van der Waals surface area contributed by atoms with Crippen LogP contribution in [0.15, 0.2) is 12.4 Å². The molecular formula is C22H33N5O4. The molecule has 3 rings (SSSR count). The number of nitrogens with two attached hydrogens (primary N) is 1. The fraction of sp³-hybridized carbons (Fsp3) is 0.591. The summed E-state index contributed by atoms with van der Waals surface area (Å²) < 4.78 is 11.2. The van der Waals surface area contributed by atoms with Crippen molar-refractivity contribution in [1.29, 1.82) is 0 Å². The number of pyridine rings is 1. The molecule has 0 spiro atoms. The van der Waals surface area contributed by atoms with Crippen LogP contribution in [0.2, 0.25) is 0 Å². The molecule has 3 heterocycles. The standard InChI is InChI=1S/C22H33N5O4/c1-21(2,3)19(28)30-15-11-25-18-16(14(23)10-24-18)17(15)27-9-7-8-13(12-27)26-20(29)31-22(4,5)6/h10-11,13H,7-9,12,23H2,1-6H3,(H,24,25)(H,26,29). The lowest BCUT2D eigenvalue weighted by Crippen LogP contribution is -2.49. The molecule has 1 fully saturated rings. The maximum Gasteiger partial charge on any atom is 0.407 e. The first-order chi connectivity index (χ1) is 14.3. The number of hydrogen-bond acceptors (Lipinski definition) is 7. The van der Waals surface area contributed by atoms with Crippen molar-refractivity contribution in [2.24, 2.45) is 5.41 Å². The fourth-order valence-electron chi connectivity index (χ4n) is 3.50. The third-order valence-electron chi connectivity index (χ3n) is 4.94. The number of aromatic amines is 1. The number of nitrogens with one attached hydrogen (secondary N) is 2. The van der Waals surface area contributed by atoms with Gasteiger partial charge in [0.05, 0.1) is 28.4 Å². The number of nitrogens with zero attached hydrogens (tertiary/aromatic N) is 2. The van der Waals surface area contributed by atoms with E-state index in [9.17, 15) is 9.59 Å². The van der Waals surface area contributed by atoms with Crippen molar-refractivity contribution in [2.45, 2.75) is 66.0 Å². The summed E-state index contributed by atoms with van der Waals surface area (Å²) in [6.07, 6.45) is 4.45. The summed E-state index contributed by atoms with van der Waals surface area (Å²) >= 11 is 0. The highest BCUT2D eigenvalue weighted by Gasteiger charge is 2.30. The summed E-state index contributed by atoms with van der Waals surface area (Å²) in [6, 6.07) is -0.113. The number of amides is 1. The third kappa shape index (κ3) is 5.39. The lowest BCUT2D eigenvalue weighted by atomic mass is 9.97. The predicted octanol–water partition coefficient (Wildman–Crippen LogP) is 3.59. The SMILES string of the molecule is CC(C)(C)OC(=O)NC1CCCN(c2c(OC(=O)C(C)(C)C)cnc3[nH]cc(N)c23)C1.